The Bertz CT molecular complexity index is 772. The summed E-state index contributed by atoms with van der Waals surface area (Å²) in [5.41, 5.74) is 0. The molecule has 1 aliphatic heterocycles. The van der Waals surface area contributed by atoms with Gasteiger partial charge in [0.15, 0.2) is 5.76 Å². The van der Waals surface area contributed by atoms with Gasteiger partial charge in [-0.05, 0) is 19.1 Å². The minimum atomic E-state index is -0.447. The molecule has 132 valence electrons. The van der Waals surface area contributed by atoms with E-state index in [9.17, 15) is 9.59 Å². The van der Waals surface area contributed by atoms with Gasteiger partial charge in [-0.25, -0.2) is 4.79 Å². The number of hydrogen-bond donors (Lipinski definition) is 0. The number of rotatable bonds is 7. The highest BCUT2D eigenvalue weighted by atomic mass is 32.2. The van der Waals surface area contributed by atoms with Crippen LogP contribution in [-0.4, -0.2) is 51.6 Å². The number of carbonyl (C=O) groups is 2. The van der Waals surface area contributed by atoms with E-state index in [-0.39, 0.29) is 5.91 Å². The zero-order valence-electron chi connectivity index (χ0n) is 13.3. The first kappa shape index (κ1) is 17.6. The van der Waals surface area contributed by atoms with Crippen LogP contribution in [0, 0.1) is 0 Å². The van der Waals surface area contributed by atoms with Crippen molar-refractivity contribution in [2.24, 2.45) is 0 Å². The highest BCUT2D eigenvalue weighted by Crippen LogP contribution is 2.30. The Morgan fingerprint density at radius 2 is 2.40 bits per heavy atom. The van der Waals surface area contributed by atoms with Crippen molar-refractivity contribution < 1.29 is 23.2 Å². The largest absolute Gasteiger partial charge is 0.463 e. The molecule has 1 fully saturated rings. The van der Waals surface area contributed by atoms with Gasteiger partial charge in [-0.1, -0.05) is 23.5 Å². The summed E-state index contributed by atoms with van der Waals surface area (Å²) in [7, 11) is 0. The summed E-state index contributed by atoms with van der Waals surface area (Å²) in [6.45, 7) is 2.46. The van der Waals surface area contributed by atoms with E-state index in [2.05, 4.69) is 10.2 Å². The molecule has 1 amide bonds. The van der Waals surface area contributed by atoms with Crippen molar-refractivity contribution >= 4 is 35.4 Å². The van der Waals surface area contributed by atoms with Crippen molar-refractivity contribution in [3.8, 4) is 11.7 Å². The van der Waals surface area contributed by atoms with Gasteiger partial charge in [0.25, 0.3) is 11.1 Å². The fraction of sp³-hybridized carbons (Fsp3) is 0.333. The number of carbonyl (C=O) groups excluding carboxylic acids is 2. The summed E-state index contributed by atoms with van der Waals surface area (Å²) in [4.78, 5) is 25.1. The second-order valence-electron chi connectivity index (χ2n) is 4.77. The quantitative estimate of drug-likeness (QED) is 0.407. The van der Waals surface area contributed by atoms with Gasteiger partial charge in [0.1, 0.15) is 0 Å². The molecule has 1 aliphatic rings. The molecule has 3 heterocycles. The Labute approximate surface area is 152 Å². The third-order valence-corrected chi connectivity index (χ3v) is 4.94. The molecule has 0 N–H and O–H groups in total. The van der Waals surface area contributed by atoms with Gasteiger partial charge in [-0.2, -0.15) is 0 Å². The summed E-state index contributed by atoms with van der Waals surface area (Å²) in [5, 5.41) is 8.84. The number of aromatic nitrogens is 2. The molecule has 8 nitrogen and oxygen atoms in total. The number of hydrogen-bond acceptors (Lipinski definition) is 9. The van der Waals surface area contributed by atoms with Crippen LogP contribution >= 0.6 is 23.5 Å². The number of esters is 1. The van der Waals surface area contributed by atoms with E-state index in [0.29, 0.717) is 46.6 Å². The van der Waals surface area contributed by atoms with E-state index in [1.807, 2.05) is 0 Å². The summed E-state index contributed by atoms with van der Waals surface area (Å²) in [6, 6.07) is 3.47. The molecule has 25 heavy (non-hydrogen) atoms. The first-order valence-corrected chi connectivity index (χ1v) is 9.46. The third kappa shape index (κ3) is 4.45. The predicted octanol–water partition coefficient (Wildman–Crippen LogP) is 2.40. The number of ether oxygens (including phenoxy) is 1. The Morgan fingerprint density at radius 1 is 1.52 bits per heavy atom. The van der Waals surface area contributed by atoms with Gasteiger partial charge in [0.05, 0.1) is 29.7 Å². The molecule has 0 aliphatic carbocycles. The van der Waals surface area contributed by atoms with Crippen LogP contribution in [-0.2, 0) is 14.3 Å². The van der Waals surface area contributed by atoms with Gasteiger partial charge in [-0.15, -0.1) is 10.2 Å². The molecule has 0 unspecified atom stereocenters. The van der Waals surface area contributed by atoms with E-state index in [0.717, 1.165) is 0 Å². The number of furan rings is 1. The maximum Gasteiger partial charge on any atom is 0.333 e. The summed E-state index contributed by atoms with van der Waals surface area (Å²) in [6.07, 6.45) is 2.88. The van der Waals surface area contributed by atoms with Crippen LogP contribution in [0.2, 0.25) is 0 Å². The van der Waals surface area contributed by atoms with Crippen molar-refractivity contribution in [1.82, 2.24) is 15.1 Å². The van der Waals surface area contributed by atoms with Crippen molar-refractivity contribution in [2.45, 2.75) is 12.1 Å². The molecule has 0 aromatic carbocycles. The van der Waals surface area contributed by atoms with Crippen LogP contribution in [0.15, 0.2) is 43.6 Å². The van der Waals surface area contributed by atoms with E-state index in [4.69, 9.17) is 13.6 Å². The molecule has 0 saturated carbocycles. The average Bonchev–Trinajstić information content (AvgIpc) is 3.31. The molecule has 3 rings (SSSR count). The second kappa shape index (κ2) is 8.26. The second-order valence-corrected chi connectivity index (χ2v) is 6.81. The normalized spacial score (nSPS) is 16.0. The first-order valence-electron chi connectivity index (χ1n) is 7.49. The highest BCUT2D eigenvalue weighted by molar-refractivity contribution is 8.04. The highest BCUT2D eigenvalue weighted by Gasteiger charge is 2.27. The molecular weight excluding hydrogens is 366 g/mol. The molecule has 0 bridgehead atoms. The van der Waals surface area contributed by atoms with Crippen LogP contribution < -0.4 is 0 Å². The Balaban J connectivity index is 1.55. The van der Waals surface area contributed by atoms with E-state index in [1.165, 1.54) is 35.9 Å². The monoisotopic (exact) mass is 381 g/mol. The minimum Gasteiger partial charge on any atom is -0.463 e. The zero-order valence-corrected chi connectivity index (χ0v) is 15.0. The maximum absolute atomic E-state index is 12.0. The third-order valence-electron chi connectivity index (χ3n) is 3.12. The van der Waals surface area contributed by atoms with E-state index < -0.39 is 5.97 Å². The fourth-order valence-corrected chi connectivity index (χ4v) is 3.69. The van der Waals surface area contributed by atoms with Crippen LogP contribution in [0.1, 0.15) is 6.92 Å². The molecule has 1 saturated heterocycles. The summed E-state index contributed by atoms with van der Waals surface area (Å²) in [5.74, 6) is 1.19. The topological polar surface area (TPSA) is 98.7 Å². The van der Waals surface area contributed by atoms with Crippen molar-refractivity contribution in [1.29, 1.82) is 0 Å². The van der Waals surface area contributed by atoms with Gasteiger partial charge in [0, 0.05) is 12.3 Å². The summed E-state index contributed by atoms with van der Waals surface area (Å²) >= 11 is 2.66. The number of nitrogens with zero attached hydrogens (tertiary/aromatic N) is 3. The average molecular weight is 381 g/mol. The lowest BCUT2D eigenvalue weighted by Gasteiger charge is -2.15. The number of thioether (sulfide) groups is 2. The van der Waals surface area contributed by atoms with Gasteiger partial charge < -0.3 is 18.5 Å². The van der Waals surface area contributed by atoms with Gasteiger partial charge in [-0.3, -0.25) is 4.79 Å². The molecule has 0 spiro atoms. The molecule has 0 radical (unpaired) electrons. The van der Waals surface area contributed by atoms with Crippen LogP contribution in [0.3, 0.4) is 0 Å². The lowest BCUT2D eigenvalue weighted by Crippen LogP contribution is -2.27. The molecule has 2 aromatic heterocycles. The van der Waals surface area contributed by atoms with Crippen LogP contribution in [0.25, 0.3) is 11.7 Å². The molecular formula is C15H15N3O5S2. The fourth-order valence-electron chi connectivity index (χ4n) is 2.05. The maximum atomic E-state index is 12.0. The SMILES string of the molecule is CCOC(=O)/C=C1\SCC(=O)N1CCSc1nnc(-c2ccco2)o1. The van der Waals surface area contributed by atoms with Gasteiger partial charge in [0.2, 0.25) is 5.91 Å². The molecule has 0 atom stereocenters. The van der Waals surface area contributed by atoms with Crippen LogP contribution in [0.5, 0.6) is 0 Å². The predicted molar refractivity (Wildman–Crippen MR) is 91.6 cm³/mol. The lowest BCUT2D eigenvalue weighted by atomic mass is 10.5. The van der Waals surface area contributed by atoms with Crippen molar-refractivity contribution in [2.75, 3.05) is 24.7 Å². The standard InChI is InChI=1S/C15H15N3O5S2/c1-2-21-13(20)8-12-18(11(19)9-25-12)5-7-24-15-17-16-14(23-15)10-4-3-6-22-10/h3-4,6,8H,2,5,7,9H2,1H3/b12-8-. The zero-order chi connectivity index (χ0) is 17.6. The Hall–Kier alpha value is -2.20. The minimum absolute atomic E-state index is 0.0389. The molecule has 2 aromatic rings. The Kier molecular flexibility index (Phi) is 5.82. The molecule has 10 heteroatoms. The van der Waals surface area contributed by atoms with E-state index >= 15 is 0 Å². The number of amides is 1. The lowest BCUT2D eigenvalue weighted by molar-refractivity contribution is -0.137. The van der Waals surface area contributed by atoms with Crippen molar-refractivity contribution in [3.05, 3.63) is 29.5 Å². The van der Waals surface area contributed by atoms with Gasteiger partial charge >= 0.3 is 5.97 Å². The summed E-state index contributed by atoms with van der Waals surface area (Å²) < 4.78 is 15.6. The smallest absolute Gasteiger partial charge is 0.333 e. The van der Waals surface area contributed by atoms with Crippen LogP contribution in [0.4, 0.5) is 0 Å². The van der Waals surface area contributed by atoms with Crippen molar-refractivity contribution in [3.63, 3.8) is 0 Å². The Morgan fingerprint density at radius 3 is 3.16 bits per heavy atom. The van der Waals surface area contributed by atoms with E-state index in [1.54, 1.807) is 24.0 Å². The first-order chi connectivity index (χ1) is 12.2.